The molecule has 1 aromatic heterocycles. The third-order valence-electron chi connectivity index (χ3n) is 6.01. The molecule has 2 aliphatic heterocycles. The van der Waals surface area contributed by atoms with Crippen LogP contribution in [0.4, 0.5) is 18.0 Å². The quantitative estimate of drug-likeness (QED) is 0.573. The summed E-state index contributed by atoms with van der Waals surface area (Å²) in [6.07, 6.45) is -1.86. The van der Waals surface area contributed by atoms with E-state index >= 15 is 0 Å². The van der Waals surface area contributed by atoms with Gasteiger partial charge in [-0.05, 0) is 43.6 Å². The number of halogens is 3. The van der Waals surface area contributed by atoms with Crippen LogP contribution in [0, 0.1) is 0 Å². The Balaban J connectivity index is 1.37. The van der Waals surface area contributed by atoms with E-state index in [9.17, 15) is 22.8 Å². The third-order valence-corrected chi connectivity index (χ3v) is 6.01. The van der Waals surface area contributed by atoms with Gasteiger partial charge in [0.1, 0.15) is 6.54 Å². The van der Waals surface area contributed by atoms with Crippen molar-refractivity contribution in [1.82, 2.24) is 19.7 Å². The van der Waals surface area contributed by atoms with E-state index in [1.165, 1.54) is 24.2 Å². The Bertz CT molecular complexity index is 988. The van der Waals surface area contributed by atoms with Crippen molar-refractivity contribution in [3.05, 3.63) is 53.7 Å². The van der Waals surface area contributed by atoms with E-state index in [0.29, 0.717) is 4.90 Å². The van der Waals surface area contributed by atoms with Gasteiger partial charge in [-0.3, -0.25) is 19.6 Å². The van der Waals surface area contributed by atoms with Crippen LogP contribution in [0.3, 0.4) is 0 Å². The van der Waals surface area contributed by atoms with E-state index in [-0.39, 0.29) is 13.1 Å². The normalized spacial score (nSPS) is 17.8. The van der Waals surface area contributed by atoms with E-state index in [4.69, 9.17) is 4.98 Å². The number of aromatic nitrogens is 1. The molecule has 0 spiro atoms. The zero-order chi connectivity index (χ0) is 23.4. The van der Waals surface area contributed by atoms with Crippen molar-refractivity contribution < 1.29 is 22.8 Å². The number of alkyl halides is 3. The molecule has 0 saturated carbocycles. The Kier molecular flexibility index (Phi) is 6.97. The molecule has 176 valence electrons. The van der Waals surface area contributed by atoms with Gasteiger partial charge in [-0.2, -0.15) is 13.2 Å². The highest BCUT2D eigenvalue weighted by molar-refractivity contribution is 6.01. The summed E-state index contributed by atoms with van der Waals surface area (Å²) >= 11 is 0. The number of pyridine rings is 1. The van der Waals surface area contributed by atoms with Gasteiger partial charge in [-0.1, -0.05) is 36.8 Å². The molecule has 3 amide bonds. The van der Waals surface area contributed by atoms with Gasteiger partial charge in [-0.25, -0.2) is 4.79 Å². The van der Waals surface area contributed by atoms with Gasteiger partial charge in [0.25, 0.3) is 0 Å². The SMILES string of the molecule is O=C1CN(Cc2ccc(-c3cccc(CN4CCCCC4)n3)cc2)C(=O)N1CCC(F)(F)F. The smallest absolute Gasteiger partial charge is 0.311 e. The van der Waals surface area contributed by atoms with Crippen molar-refractivity contribution in [2.45, 2.75) is 44.9 Å². The molecule has 2 saturated heterocycles. The summed E-state index contributed by atoms with van der Waals surface area (Å²) in [5, 5.41) is 0. The first-order valence-electron chi connectivity index (χ1n) is 11.2. The molecule has 9 heteroatoms. The van der Waals surface area contributed by atoms with Crippen LogP contribution in [0.2, 0.25) is 0 Å². The lowest BCUT2D eigenvalue weighted by Crippen LogP contribution is -2.35. The molecule has 1 aromatic carbocycles. The van der Waals surface area contributed by atoms with Gasteiger partial charge >= 0.3 is 12.2 Å². The van der Waals surface area contributed by atoms with E-state index in [1.54, 1.807) is 0 Å². The average Bonchev–Trinajstić information content (AvgIpc) is 3.05. The summed E-state index contributed by atoms with van der Waals surface area (Å²) in [6.45, 7) is 2.35. The monoisotopic (exact) mass is 460 g/mol. The summed E-state index contributed by atoms with van der Waals surface area (Å²) in [7, 11) is 0. The maximum atomic E-state index is 12.5. The summed E-state index contributed by atoms with van der Waals surface area (Å²) < 4.78 is 37.4. The van der Waals surface area contributed by atoms with Crippen molar-refractivity contribution in [3.63, 3.8) is 0 Å². The molecular weight excluding hydrogens is 433 g/mol. The molecule has 0 unspecified atom stereocenters. The van der Waals surface area contributed by atoms with Gasteiger partial charge in [-0.15, -0.1) is 0 Å². The standard InChI is InChI=1S/C24H27F3N4O2/c25-24(26,27)11-14-31-22(32)17-30(23(31)33)15-18-7-9-19(10-8-18)21-6-4-5-20(28-21)16-29-12-2-1-3-13-29/h4-10H,1-3,11-17H2. The van der Waals surface area contributed by atoms with Crippen molar-refractivity contribution in [1.29, 1.82) is 0 Å². The molecular formula is C24H27F3N4O2. The van der Waals surface area contributed by atoms with Crippen molar-refractivity contribution in [3.8, 4) is 11.3 Å². The first-order chi connectivity index (χ1) is 15.8. The molecule has 0 radical (unpaired) electrons. The summed E-state index contributed by atoms with van der Waals surface area (Å²) in [6, 6.07) is 12.8. The van der Waals surface area contributed by atoms with Crippen molar-refractivity contribution in [2.24, 2.45) is 0 Å². The fraction of sp³-hybridized carbons (Fsp3) is 0.458. The molecule has 4 rings (SSSR count). The minimum Gasteiger partial charge on any atom is -0.311 e. The number of carbonyl (C=O) groups is 2. The number of likely N-dealkylation sites (tertiary alicyclic amines) is 1. The molecule has 2 fully saturated rings. The molecule has 0 atom stereocenters. The second-order valence-corrected chi connectivity index (χ2v) is 8.60. The second kappa shape index (κ2) is 9.91. The Morgan fingerprint density at radius 3 is 2.33 bits per heavy atom. The van der Waals surface area contributed by atoms with E-state index in [2.05, 4.69) is 4.90 Å². The van der Waals surface area contributed by atoms with Gasteiger partial charge in [0.15, 0.2) is 0 Å². The van der Waals surface area contributed by atoms with Crippen LogP contribution in [-0.4, -0.2) is 64.0 Å². The highest BCUT2D eigenvalue weighted by atomic mass is 19.4. The van der Waals surface area contributed by atoms with Crippen LogP contribution in [0.5, 0.6) is 0 Å². The Labute approximate surface area is 191 Å². The molecule has 0 bridgehead atoms. The van der Waals surface area contributed by atoms with Crippen LogP contribution >= 0.6 is 0 Å². The van der Waals surface area contributed by atoms with E-state index < -0.39 is 31.1 Å². The Morgan fingerprint density at radius 2 is 1.64 bits per heavy atom. The predicted molar refractivity (Wildman–Crippen MR) is 117 cm³/mol. The predicted octanol–water partition coefficient (Wildman–Crippen LogP) is 4.45. The topological polar surface area (TPSA) is 56.8 Å². The molecule has 33 heavy (non-hydrogen) atoms. The number of hydrogen-bond acceptors (Lipinski definition) is 4. The number of nitrogens with zero attached hydrogens (tertiary/aromatic N) is 4. The maximum Gasteiger partial charge on any atom is 0.390 e. The molecule has 0 aliphatic carbocycles. The van der Waals surface area contributed by atoms with Gasteiger partial charge in [0, 0.05) is 25.2 Å². The van der Waals surface area contributed by atoms with Gasteiger partial charge in [0.2, 0.25) is 5.91 Å². The molecule has 2 aliphatic rings. The second-order valence-electron chi connectivity index (χ2n) is 8.60. The number of piperidine rings is 1. The number of hydrogen-bond donors (Lipinski definition) is 0. The minimum atomic E-state index is -4.41. The Morgan fingerprint density at radius 1 is 0.909 bits per heavy atom. The highest BCUT2D eigenvalue weighted by Gasteiger charge is 2.38. The fourth-order valence-electron chi connectivity index (χ4n) is 4.25. The summed E-state index contributed by atoms with van der Waals surface area (Å²) in [4.78, 5) is 33.5. The van der Waals surface area contributed by atoms with Crippen LogP contribution in [0.1, 0.15) is 36.9 Å². The number of carbonyl (C=O) groups excluding carboxylic acids is 2. The van der Waals surface area contributed by atoms with Crippen molar-refractivity contribution in [2.75, 3.05) is 26.2 Å². The molecule has 6 nitrogen and oxygen atoms in total. The zero-order valence-corrected chi connectivity index (χ0v) is 18.4. The van der Waals surface area contributed by atoms with Gasteiger partial charge < -0.3 is 4.90 Å². The minimum absolute atomic E-state index is 0.162. The first kappa shape index (κ1) is 23.2. The number of urea groups is 1. The molecule has 2 aromatic rings. The summed E-state index contributed by atoms with van der Waals surface area (Å²) in [5.74, 6) is -0.601. The van der Waals surface area contributed by atoms with Crippen molar-refractivity contribution >= 4 is 11.9 Å². The zero-order valence-electron chi connectivity index (χ0n) is 18.4. The number of imide groups is 1. The van der Waals surface area contributed by atoms with Gasteiger partial charge in [0.05, 0.1) is 17.8 Å². The van der Waals surface area contributed by atoms with Crippen LogP contribution in [0.15, 0.2) is 42.5 Å². The van der Waals surface area contributed by atoms with Crippen LogP contribution < -0.4 is 0 Å². The molecule has 0 N–H and O–H groups in total. The number of amides is 3. The lowest BCUT2D eigenvalue weighted by atomic mass is 10.1. The number of benzene rings is 1. The van der Waals surface area contributed by atoms with Crippen LogP contribution in [-0.2, 0) is 17.9 Å². The Hall–Kier alpha value is -2.94. The number of rotatable bonds is 7. The molecule has 3 heterocycles. The average molecular weight is 461 g/mol. The lowest BCUT2D eigenvalue weighted by molar-refractivity contribution is -0.140. The largest absolute Gasteiger partial charge is 0.390 e. The lowest BCUT2D eigenvalue weighted by Gasteiger charge is -2.26. The first-order valence-corrected chi connectivity index (χ1v) is 11.2. The van der Waals surface area contributed by atoms with E-state index in [0.717, 1.165) is 42.1 Å². The third kappa shape index (κ3) is 6.10. The fourth-order valence-corrected chi connectivity index (χ4v) is 4.25. The highest BCUT2D eigenvalue weighted by Crippen LogP contribution is 2.24. The summed E-state index contributed by atoms with van der Waals surface area (Å²) in [5.41, 5.74) is 3.62. The van der Waals surface area contributed by atoms with Crippen LogP contribution in [0.25, 0.3) is 11.3 Å². The maximum absolute atomic E-state index is 12.5. The van der Waals surface area contributed by atoms with E-state index in [1.807, 2.05) is 42.5 Å².